The Morgan fingerprint density at radius 2 is 0.680 bits per heavy atom. The van der Waals surface area contributed by atoms with Gasteiger partial charge in [-0.3, -0.25) is 4.79 Å². The maximum atomic E-state index is 13.5. The number of ether oxygens (including phenoxy) is 6. The zero-order valence-corrected chi connectivity index (χ0v) is 61.4. The molecule has 1 amide bonds. The lowest BCUT2D eigenvalue weighted by molar-refractivity contribution is -0.379. The molecule has 100 heavy (non-hydrogen) atoms. The molecule has 3 saturated heterocycles. The van der Waals surface area contributed by atoms with Crippen LogP contribution in [-0.2, 0) is 33.2 Å². The minimum Gasteiger partial charge on any atom is -0.394 e. The molecular weight excluding hydrogens is 1270 g/mol. The summed E-state index contributed by atoms with van der Waals surface area (Å²) < 4.78 is 34.5. The van der Waals surface area contributed by atoms with Crippen LogP contribution in [0.3, 0.4) is 0 Å². The minimum atomic E-state index is -1.98. The fourth-order valence-corrected chi connectivity index (χ4v) is 12.6. The van der Waals surface area contributed by atoms with E-state index in [0.29, 0.717) is 25.7 Å². The van der Waals surface area contributed by atoms with Gasteiger partial charge in [0.25, 0.3) is 0 Å². The molecule has 12 N–H and O–H groups in total. The molecule has 0 aromatic rings. The number of allylic oxidation sites excluding steroid dienone is 18. The van der Waals surface area contributed by atoms with E-state index in [-0.39, 0.29) is 18.9 Å². The summed E-state index contributed by atoms with van der Waals surface area (Å²) in [7, 11) is 0. The van der Waals surface area contributed by atoms with Crippen LogP contribution in [0.15, 0.2) is 109 Å². The summed E-state index contributed by atoms with van der Waals surface area (Å²) in [5.41, 5.74) is 0. The second kappa shape index (κ2) is 60.7. The Hall–Kier alpha value is -3.55. The van der Waals surface area contributed by atoms with Gasteiger partial charge in [0.05, 0.1) is 38.6 Å². The molecule has 3 aliphatic heterocycles. The smallest absolute Gasteiger partial charge is 0.220 e. The standard InChI is InChI=1S/C81H139NO18/c1-3-5-7-9-11-13-15-17-19-21-23-25-27-29-31-32-33-35-37-39-41-43-45-47-49-51-53-55-57-59-69(87)82-64(65(86)58-56-54-52-50-48-46-44-42-40-38-36-34-30-28-26-24-22-20-18-16-14-12-10-8-6-4-2)63-95-79-75(93)72(90)77(67(61-84)97-79)100-81-76(94)73(91)78(68(62-85)98-81)99-80-74(92)71(89)70(88)66(60-83)96-80/h5,7,11,13,17,19,23,25,29,31,33,35,39,41,45,47,51,53,64-68,70-81,83-86,88-94H,3-4,6,8-10,12,14-16,18,20-22,24,26-28,30,32,34,36-38,40,42-44,46,48-50,52,54-63H2,1-2H3,(H,82,87)/b7-5-,13-11-,19-17-,25-23-,31-29-,35-33-,41-39-,47-45-,53-51-. The maximum Gasteiger partial charge on any atom is 0.220 e. The predicted molar refractivity (Wildman–Crippen MR) is 397 cm³/mol. The van der Waals surface area contributed by atoms with Crippen LogP contribution in [0.25, 0.3) is 0 Å². The number of hydrogen-bond acceptors (Lipinski definition) is 18. The Morgan fingerprint density at radius 3 is 1.04 bits per heavy atom. The molecule has 0 radical (unpaired) electrons. The fraction of sp³-hybridized carbons (Fsp3) is 0.765. The number of aliphatic hydroxyl groups excluding tert-OH is 11. The van der Waals surface area contributed by atoms with Crippen molar-refractivity contribution in [1.82, 2.24) is 5.32 Å². The summed E-state index contributed by atoms with van der Waals surface area (Å²) in [6, 6.07) is -0.928. The number of carbonyl (C=O) groups excluding carboxylic acids is 1. The Morgan fingerprint density at radius 1 is 0.370 bits per heavy atom. The number of amides is 1. The van der Waals surface area contributed by atoms with Crippen LogP contribution in [0.5, 0.6) is 0 Å². The van der Waals surface area contributed by atoms with Crippen molar-refractivity contribution in [3.8, 4) is 0 Å². The molecule has 3 heterocycles. The molecule has 0 aromatic heterocycles. The predicted octanol–water partition coefficient (Wildman–Crippen LogP) is 12.6. The molecule has 0 aromatic carbocycles. The summed E-state index contributed by atoms with van der Waals surface area (Å²) in [4.78, 5) is 13.5. The summed E-state index contributed by atoms with van der Waals surface area (Å²) in [6.45, 7) is 1.66. The number of rotatable bonds is 60. The van der Waals surface area contributed by atoms with Crippen molar-refractivity contribution in [2.24, 2.45) is 0 Å². The first-order valence-electron chi connectivity index (χ1n) is 39.1. The van der Waals surface area contributed by atoms with Crippen molar-refractivity contribution in [2.75, 3.05) is 26.4 Å². The van der Waals surface area contributed by atoms with Crippen LogP contribution >= 0.6 is 0 Å². The third-order valence-electron chi connectivity index (χ3n) is 18.9. The lowest BCUT2D eigenvalue weighted by atomic mass is 9.96. The van der Waals surface area contributed by atoms with E-state index in [2.05, 4.69) is 122 Å². The Bertz CT molecular complexity index is 2230. The van der Waals surface area contributed by atoms with E-state index in [4.69, 9.17) is 28.4 Å². The summed E-state index contributed by atoms with van der Waals surface area (Å²) in [6.07, 6.45) is 56.0. The van der Waals surface area contributed by atoms with Gasteiger partial charge in [0.2, 0.25) is 5.91 Å². The van der Waals surface area contributed by atoms with E-state index >= 15 is 0 Å². The number of aliphatic hydroxyl groups is 11. The normalized spacial score (nSPS) is 27.1. The van der Waals surface area contributed by atoms with E-state index in [1.165, 1.54) is 141 Å². The van der Waals surface area contributed by atoms with Crippen molar-refractivity contribution in [3.05, 3.63) is 109 Å². The topological polar surface area (TPSA) is 307 Å². The Balaban J connectivity index is 1.42. The molecule has 0 saturated carbocycles. The van der Waals surface area contributed by atoms with Crippen molar-refractivity contribution in [2.45, 2.75) is 369 Å². The zero-order valence-electron chi connectivity index (χ0n) is 61.4. The number of nitrogens with one attached hydrogen (secondary N) is 1. The van der Waals surface area contributed by atoms with Gasteiger partial charge in [-0.2, -0.15) is 0 Å². The van der Waals surface area contributed by atoms with Gasteiger partial charge in [-0.1, -0.05) is 290 Å². The van der Waals surface area contributed by atoms with Gasteiger partial charge in [-0.25, -0.2) is 0 Å². The molecule has 17 atom stereocenters. The van der Waals surface area contributed by atoms with Crippen molar-refractivity contribution >= 4 is 5.91 Å². The third kappa shape index (κ3) is 40.6. The van der Waals surface area contributed by atoms with Gasteiger partial charge < -0.3 is 89.9 Å². The molecular formula is C81H139NO18. The molecule has 3 aliphatic rings. The second-order valence-corrected chi connectivity index (χ2v) is 27.4. The summed E-state index contributed by atoms with van der Waals surface area (Å²) in [5, 5.41) is 121. The lowest BCUT2D eigenvalue weighted by Gasteiger charge is -2.48. The molecule has 19 nitrogen and oxygen atoms in total. The first-order chi connectivity index (χ1) is 48.8. The number of carbonyl (C=O) groups is 1. The largest absolute Gasteiger partial charge is 0.394 e. The number of unbranched alkanes of at least 4 members (excludes halogenated alkanes) is 26. The highest BCUT2D eigenvalue weighted by Crippen LogP contribution is 2.33. The lowest BCUT2D eigenvalue weighted by Crippen LogP contribution is -2.66. The van der Waals surface area contributed by atoms with E-state index in [1.807, 2.05) is 6.08 Å². The average Bonchev–Trinajstić information content (AvgIpc) is 0.783. The van der Waals surface area contributed by atoms with Crippen LogP contribution in [0.1, 0.15) is 264 Å². The van der Waals surface area contributed by atoms with Crippen LogP contribution < -0.4 is 5.32 Å². The van der Waals surface area contributed by atoms with Gasteiger partial charge in [0.1, 0.15) is 73.2 Å². The second-order valence-electron chi connectivity index (χ2n) is 27.4. The van der Waals surface area contributed by atoms with Crippen LogP contribution in [0.2, 0.25) is 0 Å². The SMILES string of the molecule is CC/C=C\C/C=C\C/C=C\C/C=C\C/C=C\C/C=C\C/C=C\C/C=C\C/C=C\CCCC(=O)NC(COC1OC(CO)C(OC2OC(CO)C(OC3OC(CO)C(O)C(O)C3O)C(O)C2O)C(O)C1O)C(O)CCCCCCCCCCCCCCCCCCCCCCCCCCCC. The van der Waals surface area contributed by atoms with Gasteiger partial charge >= 0.3 is 0 Å². The first kappa shape index (κ1) is 90.7. The molecule has 0 spiro atoms. The van der Waals surface area contributed by atoms with Crippen molar-refractivity contribution < 1.29 is 89.4 Å². The Labute approximate surface area is 602 Å². The number of hydrogen-bond donors (Lipinski definition) is 12. The molecule has 0 bridgehead atoms. The van der Waals surface area contributed by atoms with Gasteiger partial charge in [0, 0.05) is 6.42 Å². The third-order valence-corrected chi connectivity index (χ3v) is 18.9. The van der Waals surface area contributed by atoms with Crippen LogP contribution in [-0.4, -0.2) is 193 Å². The molecule has 576 valence electrons. The highest BCUT2D eigenvalue weighted by atomic mass is 16.8. The van der Waals surface area contributed by atoms with E-state index in [9.17, 15) is 61.0 Å². The fourth-order valence-electron chi connectivity index (χ4n) is 12.6. The van der Waals surface area contributed by atoms with E-state index in [1.54, 1.807) is 0 Å². The van der Waals surface area contributed by atoms with Gasteiger partial charge in [-0.05, 0) is 77.0 Å². The summed E-state index contributed by atoms with van der Waals surface area (Å²) >= 11 is 0. The highest BCUT2D eigenvalue weighted by molar-refractivity contribution is 5.76. The molecule has 3 rings (SSSR count). The molecule has 3 fully saturated rings. The van der Waals surface area contributed by atoms with Gasteiger partial charge in [0.15, 0.2) is 18.9 Å². The average molecular weight is 1410 g/mol. The van der Waals surface area contributed by atoms with E-state index < -0.39 is 124 Å². The summed E-state index contributed by atoms with van der Waals surface area (Å²) in [5.74, 6) is -0.302. The molecule has 19 heteroatoms. The van der Waals surface area contributed by atoms with Crippen LogP contribution in [0, 0.1) is 0 Å². The first-order valence-corrected chi connectivity index (χ1v) is 39.1. The van der Waals surface area contributed by atoms with Crippen molar-refractivity contribution in [1.29, 1.82) is 0 Å². The molecule has 0 aliphatic carbocycles. The maximum absolute atomic E-state index is 13.5. The quantitative estimate of drug-likeness (QED) is 0.0199. The molecule has 17 unspecified atom stereocenters. The highest BCUT2D eigenvalue weighted by Gasteiger charge is 2.54. The van der Waals surface area contributed by atoms with E-state index in [0.717, 1.165) is 77.0 Å². The minimum absolute atomic E-state index is 0.179. The van der Waals surface area contributed by atoms with Crippen molar-refractivity contribution in [3.63, 3.8) is 0 Å². The van der Waals surface area contributed by atoms with Crippen LogP contribution in [0.4, 0.5) is 0 Å². The zero-order chi connectivity index (χ0) is 72.5. The van der Waals surface area contributed by atoms with Gasteiger partial charge in [-0.15, -0.1) is 0 Å². The Kier molecular flexibility index (Phi) is 55.0. The monoisotopic (exact) mass is 1410 g/mol.